The average Bonchev–Trinajstić information content (AvgIpc) is 2.66. The average molecular weight is 269 g/mol. The first-order chi connectivity index (χ1) is 9.16. The third-order valence-corrected chi connectivity index (χ3v) is 4.91. The Kier molecular flexibility index (Phi) is 5.22. The second-order valence-electron chi connectivity index (χ2n) is 6.21. The fourth-order valence-corrected chi connectivity index (χ4v) is 3.58. The minimum absolute atomic E-state index is 0.367. The summed E-state index contributed by atoms with van der Waals surface area (Å²) in [6.07, 6.45) is 8.67. The lowest BCUT2D eigenvalue weighted by molar-refractivity contribution is -0.151. The molecule has 0 aromatic heterocycles. The first kappa shape index (κ1) is 14.8. The predicted octanol–water partition coefficient (Wildman–Crippen LogP) is 2.52. The Morgan fingerprint density at radius 2 is 1.79 bits per heavy atom. The van der Waals surface area contributed by atoms with E-state index in [2.05, 4.69) is 4.90 Å². The molecule has 0 atom stereocenters. The molecule has 0 radical (unpaired) electrons. The smallest absolute Gasteiger partial charge is 0.310 e. The van der Waals surface area contributed by atoms with Crippen molar-refractivity contribution in [1.82, 2.24) is 4.90 Å². The standard InChI is InChI=1S/C15H27NO3/c1-19-13-6-10-16(11-7-13)12-15(14(17)18)8-4-2-3-5-9-15/h13H,2-12H2,1H3,(H,17,18). The molecule has 1 N–H and O–H groups in total. The lowest BCUT2D eigenvalue weighted by atomic mass is 9.79. The zero-order chi connectivity index (χ0) is 13.7. The lowest BCUT2D eigenvalue weighted by Gasteiger charge is -2.38. The highest BCUT2D eigenvalue weighted by atomic mass is 16.5. The van der Waals surface area contributed by atoms with Crippen molar-refractivity contribution in [2.75, 3.05) is 26.7 Å². The molecule has 0 aromatic rings. The van der Waals surface area contributed by atoms with Crippen molar-refractivity contribution in [3.8, 4) is 0 Å². The van der Waals surface area contributed by atoms with Crippen LogP contribution in [0, 0.1) is 5.41 Å². The van der Waals surface area contributed by atoms with Crippen LogP contribution in [0.1, 0.15) is 51.4 Å². The summed E-state index contributed by atoms with van der Waals surface area (Å²) in [6.45, 7) is 2.69. The van der Waals surface area contributed by atoms with E-state index in [9.17, 15) is 9.90 Å². The second-order valence-corrected chi connectivity index (χ2v) is 6.21. The Balaban J connectivity index is 1.95. The summed E-state index contributed by atoms with van der Waals surface area (Å²) in [6, 6.07) is 0. The van der Waals surface area contributed by atoms with E-state index in [0.717, 1.165) is 58.2 Å². The van der Waals surface area contributed by atoms with Crippen molar-refractivity contribution in [3.63, 3.8) is 0 Å². The predicted molar refractivity (Wildman–Crippen MR) is 74.2 cm³/mol. The van der Waals surface area contributed by atoms with Gasteiger partial charge in [-0.25, -0.2) is 0 Å². The van der Waals surface area contributed by atoms with Crippen molar-refractivity contribution in [3.05, 3.63) is 0 Å². The molecule has 1 aliphatic carbocycles. The number of carbonyl (C=O) groups is 1. The minimum Gasteiger partial charge on any atom is -0.481 e. The lowest BCUT2D eigenvalue weighted by Crippen LogP contribution is -2.46. The molecular weight excluding hydrogens is 242 g/mol. The van der Waals surface area contributed by atoms with Gasteiger partial charge in [0.05, 0.1) is 11.5 Å². The number of rotatable bonds is 4. The van der Waals surface area contributed by atoms with Crippen LogP contribution in [0.4, 0.5) is 0 Å². The number of carboxylic acids is 1. The van der Waals surface area contributed by atoms with Gasteiger partial charge in [0.1, 0.15) is 0 Å². The molecule has 0 amide bonds. The first-order valence-electron chi connectivity index (χ1n) is 7.65. The van der Waals surface area contributed by atoms with E-state index in [1.807, 2.05) is 0 Å². The highest BCUT2D eigenvalue weighted by Gasteiger charge is 2.40. The first-order valence-corrected chi connectivity index (χ1v) is 7.65. The van der Waals surface area contributed by atoms with Crippen LogP contribution in [0.3, 0.4) is 0 Å². The maximum absolute atomic E-state index is 11.8. The van der Waals surface area contributed by atoms with Crippen LogP contribution in [0.5, 0.6) is 0 Å². The largest absolute Gasteiger partial charge is 0.481 e. The number of hydrogen-bond donors (Lipinski definition) is 1. The van der Waals surface area contributed by atoms with Gasteiger partial charge in [0.15, 0.2) is 0 Å². The summed E-state index contributed by atoms with van der Waals surface area (Å²) in [5.74, 6) is -0.580. The summed E-state index contributed by atoms with van der Waals surface area (Å²) in [7, 11) is 1.77. The summed E-state index contributed by atoms with van der Waals surface area (Å²) in [5.41, 5.74) is -0.490. The highest BCUT2D eigenvalue weighted by molar-refractivity contribution is 5.75. The SMILES string of the molecule is COC1CCN(CC2(C(=O)O)CCCCCC2)CC1. The number of nitrogens with zero attached hydrogens (tertiary/aromatic N) is 1. The highest BCUT2D eigenvalue weighted by Crippen LogP contribution is 2.36. The van der Waals surface area contributed by atoms with E-state index in [1.165, 1.54) is 12.8 Å². The molecule has 1 saturated heterocycles. The number of piperidine rings is 1. The van der Waals surface area contributed by atoms with Crippen LogP contribution in [-0.2, 0) is 9.53 Å². The third-order valence-electron chi connectivity index (χ3n) is 4.91. The van der Waals surface area contributed by atoms with Gasteiger partial charge in [0, 0.05) is 26.7 Å². The Hall–Kier alpha value is -0.610. The normalized spacial score (nSPS) is 25.9. The van der Waals surface area contributed by atoms with Gasteiger partial charge in [0.2, 0.25) is 0 Å². The Morgan fingerprint density at radius 3 is 2.26 bits per heavy atom. The number of ether oxygens (including phenoxy) is 1. The molecule has 0 bridgehead atoms. The molecule has 0 aromatic carbocycles. The maximum Gasteiger partial charge on any atom is 0.310 e. The van der Waals surface area contributed by atoms with Crippen molar-refractivity contribution in [2.24, 2.45) is 5.41 Å². The summed E-state index contributed by atoms with van der Waals surface area (Å²) in [4.78, 5) is 14.1. The van der Waals surface area contributed by atoms with Crippen molar-refractivity contribution < 1.29 is 14.6 Å². The fourth-order valence-electron chi connectivity index (χ4n) is 3.58. The van der Waals surface area contributed by atoms with Gasteiger partial charge >= 0.3 is 5.97 Å². The van der Waals surface area contributed by atoms with Crippen LogP contribution >= 0.6 is 0 Å². The number of carboxylic acid groups (broad SMARTS) is 1. The number of likely N-dealkylation sites (tertiary alicyclic amines) is 1. The minimum atomic E-state index is -0.580. The molecule has 0 spiro atoms. The molecule has 19 heavy (non-hydrogen) atoms. The molecule has 2 aliphatic rings. The second kappa shape index (κ2) is 6.71. The molecule has 4 heteroatoms. The van der Waals surface area contributed by atoms with E-state index < -0.39 is 11.4 Å². The fraction of sp³-hybridized carbons (Fsp3) is 0.933. The third kappa shape index (κ3) is 3.69. The van der Waals surface area contributed by atoms with Crippen molar-refractivity contribution in [2.45, 2.75) is 57.5 Å². The number of hydrogen-bond acceptors (Lipinski definition) is 3. The topological polar surface area (TPSA) is 49.8 Å². The Labute approximate surface area is 116 Å². The van der Waals surface area contributed by atoms with Crippen LogP contribution in [0.15, 0.2) is 0 Å². The Morgan fingerprint density at radius 1 is 1.21 bits per heavy atom. The van der Waals surface area contributed by atoms with Gasteiger partial charge < -0.3 is 14.7 Å². The monoisotopic (exact) mass is 269 g/mol. The van der Waals surface area contributed by atoms with E-state index in [0.29, 0.717) is 6.10 Å². The zero-order valence-corrected chi connectivity index (χ0v) is 12.1. The summed E-state index contributed by atoms with van der Waals surface area (Å²) in [5, 5.41) is 9.69. The Bertz CT molecular complexity index is 290. The van der Waals surface area contributed by atoms with E-state index in [4.69, 9.17) is 4.74 Å². The van der Waals surface area contributed by atoms with Gasteiger partial charge in [-0.2, -0.15) is 0 Å². The molecule has 2 fully saturated rings. The van der Waals surface area contributed by atoms with Crippen molar-refractivity contribution >= 4 is 5.97 Å². The van der Waals surface area contributed by atoms with Crippen LogP contribution in [-0.4, -0.2) is 48.8 Å². The molecule has 4 nitrogen and oxygen atoms in total. The van der Waals surface area contributed by atoms with Crippen LogP contribution in [0.2, 0.25) is 0 Å². The molecule has 1 saturated carbocycles. The van der Waals surface area contributed by atoms with E-state index >= 15 is 0 Å². The molecule has 110 valence electrons. The van der Waals surface area contributed by atoms with Gasteiger partial charge in [0.25, 0.3) is 0 Å². The van der Waals surface area contributed by atoms with Crippen molar-refractivity contribution in [1.29, 1.82) is 0 Å². The summed E-state index contributed by atoms with van der Waals surface area (Å²) < 4.78 is 5.38. The molecular formula is C15H27NO3. The van der Waals surface area contributed by atoms with E-state index in [-0.39, 0.29) is 0 Å². The van der Waals surface area contributed by atoms with Gasteiger partial charge in [-0.15, -0.1) is 0 Å². The van der Waals surface area contributed by atoms with Gasteiger partial charge in [-0.05, 0) is 25.7 Å². The quantitative estimate of drug-likeness (QED) is 0.797. The summed E-state index contributed by atoms with van der Waals surface area (Å²) >= 11 is 0. The van der Waals surface area contributed by atoms with Gasteiger partial charge in [-0.1, -0.05) is 25.7 Å². The number of methoxy groups -OCH3 is 1. The van der Waals surface area contributed by atoms with Gasteiger partial charge in [-0.3, -0.25) is 4.79 Å². The number of aliphatic carboxylic acids is 1. The van der Waals surface area contributed by atoms with Crippen LogP contribution in [0.25, 0.3) is 0 Å². The molecule has 2 rings (SSSR count). The van der Waals surface area contributed by atoms with E-state index in [1.54, 1.807) is 7.11 Å². The molecule has 1 heterocycles. The molecule has 0 unspecified atom stereocenters. The molecule has 1 aliphatic heterocycles. The van der Waals surface area contributed by atoms with Crippen LogP contribution < -0.4 is 0 Å². The maximum atomic E-state index is 11.8. The zero-order valence-electron chi connectivity index (χ0n) is 12.1.